The van der Waals surface area contributed by atoms with Crippen LogP contribution in [-0.2, 0) is 0 Å². The number of fused-ring (bicyclic) bond motifs is 1. The molecule has 1 N–H and O–H groups in total. The van der Waals surface area contributed by atoms with Crippen LogP contribution in [0.4, 0.5) is 22.9 Å². The molecule has 0 fully saturated rings. The summed E-state index contributed by atoms with van der Waals surface area (Å²) < 4.78 is 7.01. The molecule has 0 aliphatic carbocycles. The smallest absolute Gasteiger partial charge is 0.202 e. The number of ether oxygens (including phenoxy) is 1. The lowest BCUT2D eigenvalue weighted by atomic mass is 10.1. The van der Waals surface area contributed by atoms with Crippen LogP contribution in [0.3, 0.4) is 0 Å². The summed E-state index contributed by atoms with van der Waals surface area (Å²) in [6.07, 6.45) is 0. The van der Waals surface area contributed by atoms with E-state index in [0.29, 0.717) is 28.5 Å². The summed E-state index contributed by atoms with van der Waals surface area (Å²) in [6, 6.07) is 36.9. The number of imidazole rings is 1. The molecule has 0 spiro atoms. The first-order chi connectivity index (χ1) is 18.8. The van der Waals surface area contributed by atoms with Crippen molar-refractivity contribution >= 4 is 28.5 Å². The molecule has 0 radical (unpaired) electrons. The van der Waals surface area contributed by atoms with Crippen LogP contribution in [-0.4, -0.2) is 21.7 Å². The van der Waals surface area contributed by atoms with Crippen LogP contribution in [0.25, 0.3) is 28.2 Å². The van der Waals surface area contributed by atoms with Gasteiger partial charge in [-0.15, -0.1) is 15.3 Å². The van der Waals surface area contributed by atoms with E-state index < -0.39 is 0 Å². The van der Waals surface area contributed by atoms with Crippen molar-refractivity contribution in [1.29, 1.82) is 0 Å². The Morgan fingerprint density at radius 1 is 0.632 bits per heavy atom. The molecule has 0 saturated heterocycles. The highest BCUT2D eigenvalue weighted by Gasteiger charge is 2.22. The van der Waals surface area contributed by atoms with Gasteiger partial charge >= 0.3 is 0 Å². The van der Waals surface area contributed by atoms with Gasteiger partial charge in [0.2, 0.25) is 5.82 Å². The molecular formula is C30H23N7O. The second kappa shape index (κ2) is 10.3. The quantitative estimate of drug-likeness (QED) is 0.223. The third-order valence-corrected chi connectivity index (χ3v) is 5.99. The van der Waals surface area contributed by atoms with E-state index in [1.54, 1.807) is 11.6 Å². The van der Waals surface area contributed by atoms with Crippen LogP contribution in [0.15, 0.2) is 136 Å². The van der Waals surface area contributed by atoms with Gasteiger partial charge in [0.25, 0.3) is 0 Å². The number of hydrogen-bond acceptors (Lipinski definition) is 6. The number of aromatic amines is 1. The Balaban J connectivity index is 1.55. The fraction of sp³-hybridized carbons (Fsp3) is 0.0333. The van der Waals surface area contributed by atoms with Crippen molar-refractivity contribution in [3.63, 3.8) is 0 Å². The van der Waals surface area contributed by atoms with Crippen molar-refractivity contribution in [1.82, 2.24) is 14.6 Å². The summed E-state index contributed by atoms with van der Waals surface area (Å²) in [5.74, 6) is 1.32. The molecule has 38 heavy (non-hydrogen) atoms. The molecule has 0 unspecified atom stereocenters. The van der Waals surface area contributed by atoms with E-state index in [9.17, 15) is 0 Å². The molecule has 0 atom stereocenters. The molecule has 0 bridgehead atoms. The van der Waals surface area contributed by atoms with E-state index in [4.69, 9.17) is 9.84 Å². The summed E-state index contributed by atoms with van der Waals surface area (Å²) >= 11 is 0. The second-order valence-electron chi connectivity index (χ2n) is 8.45. The van der Waals surface area contributed by atoms with Crippen LogP contribution >= 0.6 is 0 Å². The molecule has 2 heterocycles. The van der Waals surface area contributed by atoms with E-state index in [-0.39, 0.29) is 0 Å². The van der Waals surface area contributed by atoms with E-state index in [1.807, 2.05) is 115 Å². The van der Waals surface area contributed by atoms with Crippen LogP contribution < -0.4 is 4.74 Å². The Morgan fingerprint density at radius 3 is 1.87 bits per heavy atom. The fourth-order valence-electron chi connectivity index (χ4n) is 4.10. The lowest BCUT2D eigenvalue weighted by Crippen LogP contribution is -1.85. The number of rotatable bonds is 7. The summed E-state index contributed by atoms with van der Waals surface area (Å²) in [4.78, 5) is 3.50. The van der Waals surface area contributed by atoms with Gasteiger partial charge in [0.05, 0.1) is 24.2 Å². The third kappa shape index (κ3) is 4.58. The standard InChI is InChI=1S/C30H23N7O/c1-38-25-19-17-24(18-20-25)32-34-28-26(21-11-5-2-6-12-21)36-37-29(28)31-27(22-13-7-3-8-14-22)30(37)35-33-23-15-9-4-10-16-23/h2-20,31H,1H3. The van der Waals surface area contributed by atoms with Gasteiger partial charge in [-0.2, -0.15) is 14.7 Å². The minimum absolute atomic E-state index is 0.568. The van der Waals surface area contributed by atoms with Gasteiger partial charge in [-0.3, -0.25) is 0 Å². The molecule has 8 heteroatoms. The zero-order chi connectivity index (χ0) is 25.7. The maximum Gasteiger partial charge on any atom is 0.202 e. The normalized spacial score (nSPS) is 11.6. The van der Waals surface area contributed by atoms with Crippen LogP contribution in [0.2, 0.25) is 0 Å². The minimum atomic E-state index is 0.568. The Morgan fingerprint density at radius 2 is 1.21 bits per heavy atom. The van der Waals surface area contributed by atoms with E-state index >= 15 is 0 Å². The predicted molar refractivity (Wildman–Crippen MR) is 148 cm³/mol. The Hall–Kier alpha value is -5.37. The number of methoxy groups -OCH3 is 1. The van der Waals surface area contributed by atoms with Gasteiger partial charge in [-0.05, 0) is 36.4 Å². The zero-order valence-corrected chi connectivity index (χ0v) is 20.6. The molecule has 4 aromatic carbocycles. The minimum Gasteiger partial charge on any atom is -0.497 e. The molecule has 2 aromatic heterocycles. The average Bonchev–Trinajstić information content (AvgIpc) is 3.53. The van der Waals surface area contributed by atoms with Gasteiger partial charge in [0, 0.05) is 11.1 Å². The highest BCUT2D eigenvalue weighted by molar-refractivity contribution is 5.87. The van der Waals surface area contributed by atoms with Crippen LogP contribution in [0, 0.1) is 0 Å². The highest BCUT2D eigenvalue weighted by Crippen LogP contribution is 2.40. The monoisotopic (exact) mass is 497 g/mol. The maximum atomic E-state index is 5.26. The molecule has 6 rings (SSSR count). The van der Waals surface area contributed by atoms with Gasteiger partial charge in [0.15, 0.2) is 11.3 Å². The highest BCUT2D eigenvalue weighted by atomic mass is 16.5. The van der Waals surface area contributed by atoms with Crippen molar-refractivity contribution in [3.05, 3.63) is 115 Å². The van der Waals surface area contributed by atoms with Crippen LogP contribution in [0.5, 0.6) is 5.75 Å². The number of azo groups is 2. The largest absolute Gasteiger partial charge is 0.497 e. The topological polar surface area (TPSA) is 91.8 Å². The SMILES string of the molecule is COc1ccc(N=Nc2c(-c3ccccc3)nn3c(N=Nc4ccccc4)c(-c4ccccc4)[nH]c23)cc1. The lowest BCUT2D eigenvalue weighted by Gasteiger charge is -2.01. The van der Waals surface area contributed by atoms with E-state index in [0.717, 1.165) is 28.3 Å². The molecule has 0 aliphatic heterocycles. The first kappa shape index (κ1) is 23.1. The Labute approximate surface area is 219 Å². The van der Waals surface area contributed by atoms with E-state index in [2.05, 4.69) is 25.4 Å². The Kier molecular flexibility index (Phi) is 6.26. The van der Waals surface area contributed by atoms with Gasteiger partial charge in [-0.1, -0.05) is 78.9 Å². The van der Waals surface area contributed by atoms with Crippen molar-refractivity contribution in [3.8, 4) is 28.3 Å². The second-order valence-corrected chi connectivity index (χ2v) is 8.45. The first-order valence-corrected chi connectivity index (χ1v) is 12.1. The fourth-order valence-corrected chi connectivity index (χ4v) is 4.10. The number of aromatic nitrogens is 3. The predicted octanol–water partition coefficient (Wildman–Crippen LogP) is 8.84. The molecule has 6 aromatic rings. The number of nitrogens with one attached hydrogen (secondary N) is 1. The van der Waals surface area contributed by atoms with Gasteiger partial charge in [-0.25, -0.2) is 0 Å². The maximum absolute atomic E-state index is 5.26. The van der Waals surface area contributed by atoms with E-state index in [1.165, 1.54) is 0 Å². The van der Waals surface area contributed by atoms with Crippen molar-refractivity contribution in [2.75, 3.05) is 7.11 Å². The summed E-state index contributed by atoms with van der Waals surface area (Å²) in [5, 5.41) is 23.2. The van der Waals surface area contributed by atoms with Crippen molar-refractivity contribution in [2.24, 2.45) is 20.5 Å². The van der Waals surface area contributed by atoms with Crippen molar-refractivity contribution in [2.45, 2.75) is 0 Å². The third-order valence-electron chi connectivity index (χ3n) is 5.99. The number of hydrogen-bond donors (Lipinski definition) is 1. The van der Waals surface area contributed by atoms with Gasteiger partial charge < -0.3 is 9.72 Å². The molecule has 0 saturated carbocycles. The van der Waals surface area contributed by atoms with Crippen molar-refractivity contribution < 1.29 is 4.74 Å². The molecule has 8 nitrogen and oxygen atoms in total. The molecule has 184 valence electrons. The first-order valence-electron chi connectivity index (χ1n) is 12.1. The average molecular weight is 498 g/mol. The number of H-pyrrole nitrogens is 1. The summed E-state index contributed by atoms with van der Waals surface area (Å²) in [7, 11) is 1.63. The van der Waals surface area contributed by atoms with Gasteiger partial charge in [0.1, 0.15) is 11.4 Å². The zero-order valence-electron chi connectivity index (χ0n) is 20.6. The lowest BCUT2D eigenvalue weighted by molar-refractivity contribution is 0.415. The molecule has 0 aliphatic rings. The molecule has 0 amide bonds. The summed E-state index contributed by atoms with van der Waals surface area (Å²) in [6.45, 7) is 0. The number of benzene rings is 4. The Bertz CT molecular complexity index is 1720. The molecular weight excluding hydrogens is 474 g/mol. The van der Waals surface area contributed by atoms with Crippen LogP contribution in [0.1, 0.15) is 0 Å². The summed E-state index contributed by atoms with van der Waals surface area (Å²) in [5.41, 5.74) is 6.06. The number of nitrogens with zero attached hydrogens (tertiary/aromatic N) is 6.